The van der Waals surface area contributed by atoms with Crippen molar-refractivity contribution in [2.24, 2.45) is 0 Å². The molecule has 0 aromatic heterocycles. The average molecular weight is 287 g/mol. The molecular weight excluding hydrogens is 252 g/mol. The van der Waals surface area contributed by atoms with E-state index in [9.17, 15) is 0 Å². The molecule has 0 spiro atoms. The van der Waals surface area contributed by atoms with E-state index in [2.05, 4.69) is 27.7 Å². The van der Waals surface area contributed by atoms with Crippen LogP contribution in [0.1, 0.15) is 79.1 Å². The normalized spacial score (nSPS) is 19.6. The van der Waals surface area contributed by atoms with Crippen molar-refractivity contribution in [3.63, 3.8) is 0 Å². The smallest absolute Gasteiger partial charge is 0.344 e. The second kappa shape index (κ2) is 9.14. The molecule has 0 heterocycles. The predicted octanol–water partition coefficient (Wildman–Crippen LogP) is 5.42. The minimum absolute atomic E-state index is 0.635. The quantitative estimate of drug-likeness (QED) is 0.527. The summed E-state index contributed by atoms with van der Waals surface area (Å²) >= 11 is 0. The number of hydrogen-bond donors (Lipinski definition) is 0. The van der Waals surface area contributed by atoms with Gasteiger partial charge in [-0.2, -0.15) is 0 Å². The van der Waals surface area contributed by atoms with Crippen molar-refractivity contribution in [3.05, 3.63) is 0 Å². The molecule has 0 bridgehead atoms. The van der Waals surface area contributed by atoms with Gasteiger partial charge in [0.1, 0.15) is 0 Å². The van der Waals surface area contributed by atoms with E-state index in [1.54, 1.807) is 0 Å². The van der Waals surface area contributed by atoms with E-state index >= 15 is 0 Å². The van der Waals surface area contributed by atoms with E-state index in [1.807, 2.05) is 0 Å². The van der Waals surface area contributed by atoms with Gasteiger partial charge in [-0.25, -0.2) is 0 Å². The maximum absolute atomic E-state index is 6.39. The average Bonchev–Trinajstić information content (AvgIpc) is 2.45. The Kier molecular flexibility index (Phi) is 8.27. The molecule has 1 aliphatic rings. The van der Waals surface area contributed by atoms with Crippen LogP contribution in [0, 0.1) is 0 Å². The highest BCUT2D eigenvalue weighted by Gasteiger charge is 2.49. The van der Waals surface area contributed by atoms with Crippen molar-refractivity contribution in [2.75, 3.05) is 13.2 Å². The summed E-state index contributed by atoms with van der Waals surface area (Å²) in [7, 11) is -2.04. The Hall–Kier alpha value is 0.137. The van der Waals surface area contributed by atoms with E-state index in [0.29, 0.717) is 5.54 Å². The number of unbranched alkanes of at least 4 members (excludes halogenated alkanes) is 1. The molecule has 0 aromatic rings. The summed E-state index contributed by atoms with van der Waals surface area (Å²) in [6.07, 6.45) is 10.7. The summed E-state index contributed by atoms with van der Waals surface area (Å²) in [6, 6.07) is 0. The standard InChI is InChI=1S/C16H34O2Si/c1-5-8-12-15(4)19(17-6-2,18-7-3)16-13-10-9-11-14-16/h15-16H,5-14H2,1-4H3. The van der Waals surface area contributed by atoms with Gasteiger partial charge in [-0.1, -0.05) is 46.0 Å². The summed E-state index contributed by atoms with van der Waals surface area (Å²) in [5.41, 5.74) is 1.36. The van der Waals surface area contributed by atoms with Crippen LogP contribution in [-0.2, 0) is 8.85 Å². The van der Waals surface area contributed by atoms with Crippen LogP contribution in [0.2, 0.25) is 11.1 Å². The van der Waals surface area contributed by atoms with Crippen molar-refractivity contribution in [1.82, 2.24) is 0 Å². The molecule has 1 unspecified atom stereocenters. The van der Waals surface area contributed by atoms with E-state index in [1.165, 1.54) is 51.4 Å². The summed E-state index contributed by atoms with van der Waals surface area (Å²) < 4.78 is 12.8. The fraction of sp³-hybridized carbons (Fsp3) is 1.00. The SMILES string of the molecule is CCCCC(C)[Si](OCC)(OCC)C1CCCCC1. The van der Waals surface area contributed by atoms with Crippen molar-refractivity contribution in [2.45, 2.75) is 90.1 Å². The van der Waals surface area contributed by atoms with Crippen LogP contribution < -0.4 is 0 Å². The zero-order chi connectivity index (χ0) is 14.1. The summed E-state index contributed by atoms with van der Waals surface area (Å²) in [6.45, 7) is 10.6. The van der Waals surface area contributed by atoms with Gasteiger partial charge in [-0.3, -0.25) is 0 Å². The summed E-state index contributed by atoms with van der Waals surface area (Å²) in [5.74, 6) is 0. The fourth-order valence-corrected chi connectivity index (χ4v) is 8.28. The molecule has 1 saturated carbocycles. The molecule has 3 heteroatoms. The van der Waals surface area contributed by atoms with E-state index in [0.717, 1.165) is 18.8 Å². The Morgan fingerprint density at radius 2 is 1.58 bits per heavy atom. The van der Waals surface area contributed by atoms with Gasteiger partial charge in [0.25, 0.3) is 0 Å². The summed E-state index contributed by atoms with van der Waals surface area (Å²) in [5, 5.41) is 0. The first-order valence-corrected chi connectivity index (χ1v) is 10.5. The highest BCUT2D eigenvalue weighted by atomic mass is 28.4. The van der Waals surface area contributed by atoms with Gasteiger partial charge in [0.2, 0.25) is 0 Å². The second-order valence-corrected chi connectivity index (χ2v) is 9.79. The van der Waals surface area contributed by atoms with Crippen molar-refractivity contribution >= 4 is 8.56 Å². The third-order valence-corrected chi connectivity index (χ3v) is 9.45. The van der Waals surface area contributed by atoms with Crippen LogP contribution in [-0.4, -0.2) is 21.8 Å². The first-order chi connectivity index (χ1) is 9.21. The summed E-state index contributed by atoms with van der Waals surface area (Å²) in [4.78, 5) is 0. The molecule has 0 N–H and O–H groups in total. The second-order valence-electron chi connectivity index (χ2n) is 5.97. The first-order valence-electron chi connectivity index (χ1n) is 8.49. The highest BCUT2D eigenvalue weighted by Crippen LogP contribution is 2.45. The zero-order valence-electron chi connectivity index (χ0n) is 13.5. The Labute approximate surface area is 121 Å². The minimum Gasteiger partial charge on any atom is -0.394 e. The Bertz CT molecular complexity index is 221. The molecule has 19 heavy (non-hydrogen) atoms. The molecule has 2 nitrogen and oxygen atoms in total. The van der Waals surface area contributed by atoms with Gasteiger partial charge in [0.15, 0.2) is 0 Å². The Morgan fingerprint density at radius 1 is 1.00 bits per heavy atom. The molecular formula is C16H34O2Si. The van der Waals surface area contributed by atoms with Crippen molar-refractivity contribution in [3.8, 4) is 0 Å². The predicted molar refractivity (Wildman–Crippen MR) is 84.8 cm³/mol. The van der Waals surface area contributed by atoms with Crippen molar-refractivity contribution in [1.29, 1.82) is 0 Å². The lowest BCUT2D eigenvalue weighted by Crippen LogP contribution is -2.51. The van der Waals surface area contributed by atoms with Gasteiger partial charge in [-0.05, 0) is 33.1 Å². The maximum Gasteiger partial charge on any atom is 0.344 e. The molecule has 0 aliphatic heterocycles. The number of rotatable bonds is 9. The van der Waals surface area contributed by atoms with Crippen LogP contribution in [0.5, 0.6) is 0 Å². The molecule has 0 saturated heterocycles. The minimum atomic E-state index is -2.04. The first kappa shape index (κ1) is 17.2. The third-order valence-electron chi connectivity index (χ3n) is 4.59. The fourth-order valence-electron chi connectivity index (χ4n) is 3.63. The molecule has 1 rings (SSSR count). The lowest BCUT2D eigenvalue weighted by Gasteiger charge is -2.42. The molecule has 1 fully saturated rings. The van der Waals surface area contributed by atoms with Gasteiger partial charge in [0.05, 0.1) is 0 Å². The van der Waals surface area contributed by atoms with Gasteiger partial charge >= 0.3 is 8.56 Å². The zero-order valence-corrected chi connectivity index (χ0v) is 14.5. The lowest BCUT2D eigenvalue weighted by atomic mass is 10.0. The molecule has 0 amide bonds. The number of hydrogen-bond acceptors (Lipinski definition) is 2. The largest absolute Gasteiger partial charge is 0.394 e. The molecule has 0 aromatic carbocycles. The van der Waals surface area contributed by atoms with E-state index in [-0.39, 0.29) is 0 Å². The molecule has 114 valence electrons. The lowest BCUT2D eigenvalue weighted by molar-refractivity contribution is 0.153. The van der Waals surface area contributed by atoms with Crippen LogP contribution in [0.3, 0.4) is 0 Å². The van der Waals surface area contributed by atoms with E-state index < -0.39 is 8.56 Å². The van der Waals surface area contributed by atoms with E-state index in [4.69, 9.17) is 8.85 Å². The highest BCUT2D eigenvalue weighted by molar-refractivity contribution is 6.70. The van der Waals surface area contributed by atoms with Gasteiger partial charge < -0.3 is 8.85 Å². The molecule has 1 atom stereocenters. The van der Waals surface area contributed by atoms with Crippen LogP contribution in [0.25, 0.3) is 0 Å². The topological polar surface area (TPSA) is 18.5 Å². The maximum atomic E-state index is 6.39. The van der Waals surface area contributed by atoms with Gasteiger partial charge in [-0.15, -0.1) is 0 Å². The molecule has 1 aliphatic carbocycles. The van der Waals surface area contributed by atoms with Crippen LogP contribution in [0.4, 0.5) is 0 Å². The third kappa shape index (κ3) is 4.57. The van der Waals surface area contributed by atoms with Gasteiger partial charge in [0, 0.05) is 24.3 Å². The van der Waals surface area contributed by atoms with Crippen molar-refractivity contribution < 1.29 is 8.85 Å². The van der Waals surface area contributed by atoms with Crippen LogP contribution in [0.15, 0.2) is 0 Å². The monoisotopic (exact) mass is 286 g/mol. The Morgan fingerprint density at radius 3 is 2.05 bits per heavy atom. The Balaban J connectivity index is 2.83. The molecule has 0 radical (unpaired) electrons. The van der Waals surface area contributed by atoms with Crippen LogP contribution >= 0.6 is 0 Å².